The molecule has 1 aromatic rings. The summed E-state index contributed by atoms with van der Waals surface area (Å²) in [6, 6.07) is 6.28. The standard InChI is InChI=1S/C16H15NO5/c18-14(17-10-4-2-1-3-8(10)15(19)20)12-7-5-9-11(6-7)22-16(21)13(9)12/h1-4,7,9,11-13H,5-6H2,(H,17,18)(H,19,20)/t7-,9+,11-,12-,13+/m1/s1. The summed E-state index contributed by atoms with van der Waals surface area (Å²) in [7, 11) is 0. The first-order valence-electron chi connectivity index (χ1n) is 7.40. The number of fused-ring (bicyclic) bond motifs is 1. The van der Waals surface area contributed by atoms with Gasteiger partial charge in [-0.15, -0.1) is 0 Å². The summed E-state index contributed by atoms with van der Waals surface area (Å²) in [6.07, 6.45) is 1.57. The molecule has 1 amide bonds. The second kappa shape index (κ2) is 4.56. The third-order valence-corrected chi connectivity index (χ3v) is 5.20. The third-order valence-electron chi connectivity index (χ3n) is 5.20. The summed E-state index contributed by atoms with van der Waals surface area (Å²) in [5, 5.41) is 11.9. The number of nitrogens with one attached hydrogen (secondary N) is 1. The van der Waals surface area contributed by atoms with Gasteiger partial charge in [-0.2, -0.15) is 0 Å². The first-order chi connectivity index (χ1) is 10.6. The van der Waals surface area contributed by atoms with Crippen molar-refractivity contribution in [2.45, 2.75) is 18.9 Å². The van der Waals surface area contributed by atoms with Gasteiger partial charge >= 0.3 is 11.9 Å². The van der Waals surface area contributed by atoms with E-state index in [1.165, 1.54) is 6.07 Å². The van der Waals surface area contributed by atoms with Crippen molar-refractivity contribution in [3.63, 3.8) is 0 Å². The number of hydrogen-bond acceptors (Lipinski definition) is 4. The predicted molar refractivity (Wildman–Crippen MR) is 75.1 cm³/mol. The lowest BCUT2D eigenvalue weighted by Gasteiger charge is -2.23. The van der Waals surface area contributed by atoms with Crippen molar-refractivity contribution in [3.05, 3.63) is 29.8 Å². The average Bonchev–Trinajstić information content (AvgIpc) is 3.08. The van der Waals surface area contributed by atoms with Crippen LogP contribution in [0.2, 0.25) is 0 Å². The number of carbonyl (C=O) groups excluding carboxylic acids is 2. The number of carboxylic acid groups (broad SMARTS) is 1. The summed E-state index contributed by atoms with van der Waals surface area (Å²) in [4.78, 5) is 35.7. The van der Waals surface area contributed by atoms with Gasteiger partial charge in [-0.1, -0.05) is 12.1 Å². The van der Waals surface area contributed by atoms with Gasteiger partial charge in [0.05, 0.1) is 23.1 Å². The molecule has 2 saturated carbocycles. The highest BCUT2D eigenvalue weighted by molar-refractivity contribution is 6.02. The number of esters is 1. The van der Waals surface area contributed by atoms with Crippen LogP contribution in [-0.2, 0) is 14.3 Å². The molecule has 0 spiro atoms. The van der Waals surface area contributed by atoms with Crippen LogP contribution >= 0.6 is 0 Å². The lowest BCUT2D eigenvalue weighted by Crippen LogP contribution is -2.36. The van der Waals surface area contributed by atoms with Gasteiger partial charge in [-0.05, 0) is 30.9 Å². The first kappa shape index (κ1) is 13.3. The second-order valence-corrected chi connectivity index (χ2v) is 6.26. The molecule has 0 aromatic heterocycles. The number of para-hydroxylation sites is 1. The quantitative estimate of drug-likeness (QED) is 0.826. The molecule has 1 saturated heterocycles. The van der Waals surface area contributed by atoms with Crippen molar-refractivity contribution in [1.29, 1.82) is 0 Å². The number of aromatic carboxylic acids is 1. The Kier molecular flexibility index (Phi) is 2.76. The molecular weight excluding hydrogens is 286 g/mol. The molecule has 1 heterocycles. The molecule has 1 aromatic carbocycles. The van der Waals surface area contributed by atoms with Gasteiger partial charge in [-0.25, -0.2) is 4.79 Å². The maximum Gasteiger partial charge on any atom is 0.337 e. The van der Waals surface area contributed by atoms with E-state index in [1.807, 2.05) is 0 Å². The summed E-state index contributed by atoms with van der Waals surface area (Å²) < 4.78 is 5.32. The smallest absolute Gasteiger partial charge is 0.337 e. The molecule has 2 aliphatic carbocycles. The van der Waals surface area contributed by atoms with Crippen LogP contribution in [-0.4, -0.2) is 29.1 Å². The maximum absolute atomic E-state index is 12.6. The molecule has 4 rings (SSSR count). The average molecular weight is 301 g/mol. The fraction of sp³-hybridized carbons (Fsp3) is 0.438. The minimum Gasteiger partial charge on any atom is -0.478 e. The van der Waals surface area contributed by atoms with E-state index in [9.17, 15) is 19.5 Å². The Bertz CT molecular complexity index is 683. The Morgan fingerprint density at radius 1 is 1.23 bits per heavy atom. The van der Waals surface area contributed by atoms with E-state index in [0.29, 0.717) is 0 Å². The van der Waals surface area contributed by atoms with E-state index in [0.717, 1.165) is 12.8 Å². The summed E-state index contributed by atoms with van der Waals surface area (Å²) >= 11 is 0. The Balaban J connectivity index is 1.59. The zero-order valence-corrected chi connectivity index (χ0v) is 11.7. The zero-order valence-electron chi connectivity index (χ0n) is 11.7. The maximum atomic E-state index is 12.6. The lowest BCUT2D eigenvalue weighted by atomic mass is 9.79. The number of ether oxygens (including phenoxy) is 1. The number of carboxylic acids is 1. The monoisotopic (exact) mass is 301 g/mol. The van der Waals surface area contributed by atoms with Gasteiger partial charge in [0.2, 0.25) is 5.91 Å². The minimum absolute atomic E-state index is 0.0159. The van der Waals surface area contributed by atoms with Gasteiger partial charge in [0.15, 0.2) is 0 Å². The molecule has 0 radical (unpaired) electrons. The van der Waals surface area contributed by atoms with E-state index in [-0.39, 0.29) is 47.0 Å². The Morgan fingerprint density at radius 3 is 2.77 bits per heavy atom. The van der Waals surface area contributed by atoms with Gasteiger partial charge in [0, 0.05) is 5.92 Å². The molecule has 0 unspecified atom stereocenters. The van der Waals surface area contributed by atoms with Gasteiger partial charge in [-0.3, -0.25) is 9.59 Å². The van der Waals surface area contributed by atoms with Gasteiger partial charge in [0.25, 0.3) is 0 Å². The number of amides is 1. The van der Waals surface area contributed by atoms with Crippen molar-refractivity contribution in [3.8, 4) is 0 Å². The number of rotatable bonds is 3. The molecule has 1 aliphatic heterocycles. The van der Waals surface area contributed by atoms with E-state index < -0.39 is 11.9 Å². The number of hydrogen-bond donors (Lipinski definition) is 2. The fourth-order valence-corrected chi connectivity index (χ4v) is 4.36. The minimum atomic E-state index is -1.09. The SMILES string of the molecule is O=C(O)c1ccccc1NC(=O)[C@@H]1[C@@H]2C[C@@H]3[C@@H]1C(=O)O[C@@H]3C2. The summed E-state index contributed by atoms with van der Waals surface area (Å²) in [6.45, 7) is 0. The van der Waals surface area contributed by atoms with Crippen LogP contribution in [0.3, 0.4) is 0 Å². The van der Waals surface area contributed by atoms with Crippen LogP contribution in [0.15, 0.2) is 24.3 Å². The third kappa shape index (κ3) is 1.76. The Hall–Kier alpha value is -2.37. The lowest BCUT2D eigenvalue weighted by molar-refractivity contribution is -0.145. The highest BCUT2D eigenvalue weighted by Crippen LogP contribution is 2.57. The highest BCUT2D eigenvalue weighted by atomic mass is 16.6. The van der Waals surface area contributed by atoms with Gasteiger partial charge in [0.1, 0.15) is 6.10 Å². The number of benzene rings is 1. The van der Waals surface area contributed by atoms with Crippen molar-refractivity contribution >= 4 is 23.5 Å². The van der Waals surface area contributed by atoms with Crippen LogP contribution < -0.4 is 5.32 Å². The molecule has 3 aliphatic rings. The van der Waals surface area contributed by atoms with Crippen LogP contribution in [0.4, 0.5) is 5.69 Å². The summed E-state index contributed by atoms with van der Waals surface area (Å²) in [5.41, 5.74) is 0.316. The molecule has 6 nitrogen and oxygen atoms in total. The van der Waals surface area contributed by atoms with Crippen molar-refractivity contribution < 1.29 is 24.2 Å². The number of anilines is 1. The van der Waals surface area contributed by atoms with Crippen molar-refractivity contribution in [1.82, 2.24) is 0 Å². The van der Waals surface area contributed by atoms with Gasteiger partial charge < -0.3 is 15.2 Å². The normalized spacial score (nSPS) is 34.5. The Labute approximate surface area is 126 Å². The van der Waals surface area contributed by atoms with Crippen molar-refractivity contribution in [2.24, 2.45) is 23.7 Å². The molecular formula is C16H15NO5. The number of carbonyl (C=O) groups is 3. The predicted octanol–water partition coefficient (Wildman–Crippen LogP) is 1.52. The molecule has 6 heteroatoms. The molecule has 2 bridgehead atoms. The van der Waals surface area contributed by atoms with Crippen LogP contribution in [0.25, 0.3) is 0 Å². The van der Waals surface area contributed by atoms with Crippen LogP contribution in [0.5, 0.6) is 0 Å². The van der Waals surface area contributed by atoms with E-state index in [1.54, 1.807) is 18.2 Å². The topological polar surface area (TPSA) is 92.7 Å². The molecule has 3 fully saturated rings. The molecule has 114 valence electrons. The largest absolute Gasteiger partial charge is 0.478 e. The molecule has 2 N–H and O–H groups in total. The molecule has 22 heavy (non-hydrogen) atoms. The second-order valence-electron chi connectivity index (χ2n) is 6.26. The highest BCUT2D eigenvalue weighted by Gasteiger charge is 2.63. The zero-order chi connectivity index (χ0) is 15.4. The van der Waals surface area contributed by atoms with E-state index in [2.05, 4.69) is 5.32 Å². The van der Waals surface area contributed by atoms with Crippen LogP contribution in [0.1, 0.15) is 23.2 Å². The Morgan fingerprint density at radius 2 is 2.00 bits per heavy atom. The van der Waals surface area contributed by atoms with E-state index in [4.69, 9.17) is 4.74 Å². The van der Waals surface area contributed by atoms with E-state index >= 15 is 0 Å². The van der Waals surface area contributed by atoms with Crippen LogP contribution in [0, 0.1) is 23.7 Å². The summed E-state index contributed by atoms with van der Waals surface area (Å²) in [5.74, 6) is -2.10. The first-order valence-corrected chi connectivity index (χ1v) is 7.40. The fourth-order valence-electron chi connectivity index (χ4n) is 4.36. The molecule has 5 atom stereocenters. The van der Waals surface area contributed by atoms with Crippen molar-refractivity contribution in [2.75, 3.05) is 5.32 Å².